The lowest BCUT2D eigenvalue weighted by atomic mass is 9.97. The Labute approximate surface area is 203 Å². The third-order valence-electron chi connectivity index (χ3n) is 5.95. The number of pyridine rings is 1. The van der Waals surface area contributed by atoms with Crippen molar-refractivity contribution < 1.29 is 13.9 Å². The minimum absolute atomic E-state index is 0.0425. The number of likely N-dealkylation sites (tertiary alicyclic amines) is 1. The van der Waals surface area contributed by atoms with Crippen LogP contribution in [-0.2, 0) is 0 Å². The van der Waals surface area contributed by atoms with Gasteiger partial charge in [-0.3, -0.25) is 9.69 Å². The highest BCUT2D eigenvalue weighted by Gasteiger charge is 2.31. The van der Waals surface area contributed by atoms with Crippen molar-refractivity contribution >= 4 is 5.91 Å². The molecule has 2 atom stereocenters. The molecule has 0 saturated carbocycles. The molecule has 0 spiro atoms. The summed E-state index contributed by atoms with van der Waals surface area (Å²) in [5, 5.41) is 21.2. The third-order valence-corrected chi connectivity index (χ3v) is 5.95. The van der Waals surface area contributed by atoms with E-state index in [1.807, 2.05) is 18.2 Å². The molecule has 1 saturated heterocycles. The lowest BCUT2D eigenvalue weighted by Crippen LogP contribution is -2.38. The lowest BCUT2D eigenvalue weighted by Gasteiger charge is -2.29. The number of aromatic nitrogens is 1. The number of hydrogen-bond donors (Lipinski definition) is 1. The van der Waals surface area contributed by atoms with E-state index in [0.29, 0.717) is 29.1 Å². The van der Waals surface area contributed by atoms with Gasteiger partial charge in [-0.15, -0.1) is 0 Å². The van der Waals surface area contributed by atoms with Gasteiger partial charge in [0.15, 0.2) is 0 Å². The molecule has 1 aliphatic heterocycles. The Morgan fingerprint density at radius 3 is 2.31 bits per heavy atom. The number of ether oxygens (including phenoxy) is 1. The largest absolute Gasteiger partial charge is 0.475 e. The maximum Gasteiger partial charge on any atom is 0.251 e. The Bertz CT molecular complexity index is 1230. The topological polar surface area (TPSA) is 102 Å². The Hall–Kier alpha value is -4.27. The Balaban J connectivity index is 1.51. The molecule has 2 heterocycles. The van der Waals surface area contributed by atoms with Gasteiger partial charge in [0.25, 0.3) is 5.91 Å². The van der Waals surface area contributed by atoms with Crippen LogP contribution in [0.1, 0.15) is 45.1 Å². The van der Waals surface area contributed by atoms with Gasteiger partial charge >= 0.3 is 0 Å². The molecular formula is C27H24FN5O2. The van der Waals surface area contributed by atoms with Gasteiger partial charge in [-0.1, -0.05) is 18.2 Å². The molecule has 1 unspecified atom stereocenters. The summed E-state index contributed by atoms with van der Waals surface area (Å²) in [6, 6.07) is 21.6. The second kappa shape index (κ2) is 11.2. The number of hydrogen-bond acceptors (Lipinski definition) is 6. The van der Waals surface area contributed by atoms with Crippen LogP contribution in [0.3, 0.4) is 0 Å². The van der Waals surface area contributed by atoms with Crippen LogP contribution >= 0.6 is 0 Å². The molecule has 176 valence electrons. The molecular weight excluding hydrogens is 445 g/mol. The zero-order valence-electron chi connectivity index (χ0n) is 19.0. The van der Waals surface area contributed by atoms with Crippen molar-refractivity contribution in [1.82, 2.24) is 15.2 Å². The highest BCUT2D eigenvalue weighted by molar-refractivity contribution is 5.94. The van der Waals surface area contributed by atoms with Crippen molar-refractivity contribution in [2.24, 2.45) is 0 Å². The normalized spacial score (nSPS) is 16.1. The van der Waals surface area contributed by atoms with Crippen molar-refractivity contribution in [1.29, 1.82) is 10.5 Å². The first kappa shape index (κ1) is 23.9. The number of alkyl halides is 1. The van der Waals surface area contributed by atoms with Crippen LogP contribution in [-0.4, -0.2) is 48.2 Å². The highest BCUT2D eigenvalue weighted by Crippen LogP contribution is 2.32. The number of nitrogens with zero attached hydrogens (tertiary/aromatic N) is 4. The highest BCUT2D eigenvalue weighted by atomic mass is 19.1. The standard InChI is InChI=1S/C27H24FN5O2/c28-12-14-35-25-10-9-23(17-31-25)26(21-5-1-19(15-29)2-6-21)33-13-11-24(18-33)32-27(34)22-7-3-20(16-30)4-8-22/h1-10,17,24,26H,11-14,18H2,(H,32,34)/t24?,26-/m1/s1. The fourth-order valence-corrected chi connectivity index (χ4v) is 4.24. The van der Waals surface area contributed by atoms with Crippen molar-refractivity contribution in [3.63, 3.8) is 0 Å². The molecule has 1 aromatic heterocycles. The average molecular weight is 470 g/mol. The Morgan fingerprint density at radius 2 is 1.71 bits per heavy atom. The third kappa shape index (κ3) is 5.81. The molecule has 1 fully saturated rings. The van der Waals surface area contributed by atoms with E-state index < -0.39 is 6.67 Å². The van der Waals surface area contributed by atoms with Crippen molar-refractivity contribution in [3.05, 3.63) is 94.7 Å². The number of amides is 1. The maximum atomic E-state index is 12.7. The van der Waals surface area contributed by atoms with Gasteiger partial charge in [0.05, 0.1) is 29.3 Å². The van der Waals surface area contributed by atoms with E-state index in [0.717, 1.165) is 24.1 Å². The fraction of sp³-hybridized carbons (Fsp3) is 0.259. The van der Waals surface area contributed by atoms with Gasteiger partial charge in [-0.05, 0) is 53.9 Å². The first-order valence-electron chi connectivity index (χ1n) is 11.3. The minimum atomic E-state index is -0.583. The maximum absolute atomic E-state index is 12.7. The summed E-state index contributed by atoms with van der Waals surface area (Å²) in [5.41, 5.74) is 3.53. The number of carbonyl (C=O) groups is 1. The number of halogens is 1. The van der Waals surface area contributed by atoms with Crippen LogP contribution in [0.4, 0.5) is 4.39 Å². The van der Waals surface area contributed by atoms with Crippen molar-refractivity contribution in [3.8, 4) is 18.0 Å². The summed E-state index contributed by atoms with van der Waals surface area (Å²) in [7, 11) is 0. The molecule has 1 N–H and O–H groups in total. The van der Waals surface area contributed by atoms with E-state index in [1.54, 1.807) is 48.7 Å². The quantitative estimate of drug-likeness (QED) is 0.539. The number of nitrogens with one attached hydrogen (secondary N) is 1. The molecule has 0 aliphatic carbocycles. The Morgan fingerprint density at radius 1 is 1.06 bits per heavy atom. The lowest BCUT2D eigenvalue weighted by molar-refractivity contribution is 0.0937. The predicted octanol–water partition coefficient (Wildman–Crippen LogP) is 3.77. The van der Waals surface area contributed by atoms with E-state index in [9.17, 15) is 14.4 Å². The van der Waals surface area contributed by atoms with Gasteiger partial charge in [-0.25, -0.2) is 9.37 Å². The molecule has 2 aromatic carbocycles. The second-order valence-electron chi connectivity index (χ2n) is 8.25. The second-order valence-corrected chi connectivity index (χ2v) is 8.25. The first-order chi connectivity index (χ1) is 17.1. The summed E-state index contributed by atoms with van der Waals surface area (Å²) in [6.45, 7) is 0.759. The first-order valence-corrected chi connectivity index (χ1v) is 11.3. The SMILES string of the molecule is N#Cc1ccc(C(=O)NC2CCN([C@H](c3ccc(C#N)cc3)c3ccc(OCCF)nc3)C2)cc1. The summed E-state index contributed by atoms with van der Waals surface area (Å²) >= 11 is 0. The van der Waals surface area contributed by atoms with Gasteiger partial charge in [0.2, 0.25) is 5.88 Å². The molecule has 1 aliphatic rings. The number of nitriles is 2. The summed E-state index contributed by atoms with van der Waals surface area (Å²) in [6.07, 6.45) is 2.50. The summed E-state index contributed by atoms with van der Waals surface area (Å²) in [4.78, 5) is 19.3. The van der Waals surface area contributed by atoms with E-state index >= 15 is 0 Å². The zero-order chi connectivity index (χ0) is 24.6. The molecule has 3 aromatic rings. The van der Waals surface area contributed by atoms with E-state index in [1.165, 1.54) is 0 Å². The smallest absolute Gasteiger partial charge is 0.251 e. The molecule has 4 rings (SSSR count). The van der Waals surface area contributed by atoms with Crippen molar-refractivity contribution in [2.45, 2.75) is 18.5 Å². The number of rotatable bonds is 8. The summed E-state index contributed by atoms with van der Waals surface area (Å²) in [5.74, 6) is 0.186. The van der Waals surface area contributed by atoms with Gasteiger partial charge in [0.1, 0.15) is 13.3 Å². The zero-order valence-corrected chi connectivity index (χ0v) is 19.0. The van der Waals surface area contributed by atoms with Crippen LogP contribution in [0.2, 0.25) is 0 Å². The summed E-state index contributed by atoms with van der Waals surface area (Å²) < 4.78 is 17.7. The Kier molecular flexibility index (Phi) is 7.67. The molecule has 35 heavy (non-hydrogen) atoms. The molecule has 1 amide bonds. The number of benzene rings is 2. The van der Waals surface area contributed by atoms with Gasteiger partial charge in [0, 0.05) is 37.0 Å². The van der Waals surface area contributed by atoms with E-state index in [-0.39, 0.29) is 24.6 Å². The van der Waals surface area contributed by atoms with Crippen LogP contribution in [0.5, 0.6) is 5.88 Å². The van der Waals surface area contributed by atoms with Crippen molar-refractivity contribution in [2.75, 3.05) is 26.4 Å². The van der Waals surface area contributed by atoms with Crippen LogP contribution < -0.4 is 10.1 Å². The predicted molar refractivity (Wildman–Crippen MR) is 127 cm³/mol. The van der Waals surface area contributed by atoms with E-state index in [4.69, 9.17) is 10.00 Å². The number of carbonyl (C=O) groups excluding carboxylic acids is 1. The van der Waals surface area contributed by atoms with Gasteiger partial charge < -0.3 is 10.1 Å². The minimum Gasteiger partial charge on any atom is -0.475 e. The van der Waals surface area contributed by atoms with Gasteiger partial charge in [-0.2, -0.15) is 10.5 Å². The fourth-order valence-electron chi connectivity index (χ4n) is 4.24. The molecule has 7 nitrogen and oxygen atoms in total. The molecule has 0 radical (unpaired) electrons. The monoisotopic (exact) mass is 469 g/mol. The molecule has 0 bridgehead atoms. The van der Waals surface area contributed by atoms with Crippen LogP contribution in [0.15, 0.2) is 66.9 Å². The van der Waals surface area contributed by atoms with Crippen LogP contribution in [0, 0.1) is 22.7 Å². The average Bonchev–Trinajstić information content (AvgIpc) is 3.36. The van der Waals surface area contributed by atoms with Crippen LogP contribution in [0.25, 0.3) is 0 Å². The van der Waals surface area contributed by atoms with E-state index in [2.05, 4.69) is 27.3 Å². The molecule has 8 heteroatoms.